The van der Waals surface area contributed by atoms with Crippen LogP contribution in [0.15, 0.2) is 18.7 Å². The molecule has 3 heteroatoms. The van der Waals surface area contributed by atoms with Gasteiger partial charge in [-0.1, -0.05) is 12.7 Å². The summed E-state index contributed by atoms with van der Waals surface area (Å²) in [5, 5.41) is 0. The predicted octanol–water partition coefficient (Wildman–Crippen LogP) is 3.53. The summed E-state index contributed by atoms with van der Waals surface area (Å²) in [5.74, 6) is 2.19. The first-order chi connectivity index (χ1) is 8.52. The van der Waals surface area contributed by atoms with E-state index in [1.165, 1.54) is 0 Å². The lowest BCUT2D eigenvalue weighted by atomic mass is 9.99. The molecule has 0 saturated carbocycles. The molecule has 2 rings (SSSR count). The molecule has 1 aliphatic rings. The number of hydrogen-bond donors (Lipinski definition) is 0. The maximum absolute atomic E-state index is 5.92. The number of fused-ring (bicyclic) bond motifs is 1. The van der Waals surface area contributed by atoms with Gasteiger partial charge in [0.05, 0.1) is 25.3 Å². The van der Waals surface area contributed by atoms with Gasteiger partial charge in [-0.2, -0.15) is 0 Å². The summed E-state index contributed by atoms with van der Waals surface area (Å²) >= 11 is 0. The van der Waals surface area contributed by atoms with Gasteiger partial charge in [-0.15, -0.1) is 0 Å². The van der Waals surface area contributed by atoms with E-state index in [2.05, 4.69) is 6.58 Å². The van der Waals surface area contributed by atoms with Crippen molar-refractivity contribution in [2.24, 2.45) is 0 Å². The van der Waals surface area contributed by atoms with Gasteiger partial charge in [0.25, 0.3) is 0 Å². The maximum Gasteiger partial charge on any atom is 0.140 e. The lowest BCUT2D eigenvalue weighted by Gasteiger charge is -2.29. The zero-order valence-electron chi connectivity index (χ0n) is 11.2. The minimum Gasteiger partial charge on any atom is -0.496 e. The molecule has 1 aromatic rings. The van der Waals surface area contributed by atoms with E-state index in [0.717, 1.165) is 22.6 Å². The van der Waals surface area contributed by atoms with Gasteiger partial charge in [0.2, 0.25) is 0 Å². The Balaban J connectivity index is 2.68. The van der Waals surface area contributed by atoms with Gasteiger partial charge in [0.15, 0.2) is 0 Å². The fourth-order valence-corrected chi connectivity index (χ4v) is 2.07. The van der Waals surface area contributed by atoms with Crippen molar-refractivity contribution >= 4 is 12.2 Å². The van der Waals surface area contributed by atoms with Crippen LogP contribution in [0.4, 0.5) is 0 Å². The molecule has 0 atom stereocenters. The van der Waals surface area contributed by atoms with E-state index in [1.54, 1.807) is 20.3 Å². The van der Waals surface area contributed by atoms with E-state index in [-0.39, 0.29) is 5.60 Å². The van der Waals surface area contributed by atoms with Crippen LogP contribution in [-0.2, 0) is 0 Å². The largest absolute Gasteiger partial charge is 0.496 e. The van der Waals surface area contributed by atoms with Crippen molar-refractivity contribution in [3.63, 3.8) is 0 Å². The van der Waals surface area contributed by atoms with Crippen LogP contribution < -0.4 is 14.2 Å². The van der Waals surface area contributed by atoms with Crippen molar-refractivity contribution in [2.75, 3.05) is 14.2 Å². The molecule has 0 amide bonds. The van der Waals surface area contributed by atoms with E-state index < -0.39 is 0 Å². The van der Waals surface area contributed by atoms with Crippen LogP contribution in [0.2, 0.25) is 0 Å². The first-order valence-corrected chi connectivity index (χ1v) is 5.82. The zero-order chi connectivity index (χ0) is 13.3. The van der Waals surface area contributed by atoms with Gasteiger partial charge in [0.1, 0.15) is 22.8 Å². The molecule has 0 saturated heterocycles. The summed E-state index contributed by atoms with van der Waals surface area (Å²) in [6.45, 7) is 7.81. The van der Waals surface area contributed by atoms with Crippen LogP contribution in [0.25, 0.3) is 12.2 Å². The van der Waals surface area contributed by atoms with E-state index in [1.807, 2.05) is 32.1 Å². The van der Waals surface area contributed by atoms with Crippen LogP contribution in [0.3, 0.4) is 0 Å². The highest BCUT2D eigenvalue weighted by Crippen LogP contribution is 2.44. The molecule has 1 aliphatic heterocycles. The molecule has 0 N–H and O–H groups in total. The van der Waals surface area contributed by atoms with Gasteiger partial charge in [-0.05, 0) is 26.0 Å². The molecule has 0 unspecified atom stereocenters. The molecule has 0 aliphatic carbocycles. The van der Waals surface area contributed by atoms with Crippen molar-refractivity contribution in [3.8, 4) is 17.2 Å². The standard InChI is InChI=1S/C15H18O3/c1-6-10-12(16-4)9-13-11(14(10)17-5)7-8-15(2,3)18-13/h6-9H,1H2,2-5H3. The highest BCUT2D eigenvalue weighted by molar-refractivity contribution is 5.77. The van der Waals surface area contributed by atoms with Gasteiger partial charge in [-0.25, -0.2) is 0 Å². The molecule has 0 spiro atoms. The summed E-state index contributed by atoms with van der Waals surface area (Å²) in [6, 6.07) is 1.88. The third-order valence-electron chi connectivity index (χ3n) is 2.93. The molecule has 1 aromatic carbocycles. The highest BCUT2D eigenvalue weighted by atomic mass is 16.5. The third-order valence-corrected chi connectivity index (χ3v) is 2.93. The van der Waals surface area contributed by atoms with E-state index in [9.17, 15) is 0 Å². The fraction of sp³-hybridized carbons (Fsp3) is 0.333. The Labute approximate surface area is 108 Å². The molecular weight excluding hydrogens is 228 g/mol. The van der Waals surface area contributed by atoms with Crippen molar-refractivity contribution in [2.45, 2.75) is 19.4 Å². The fourth-order valence-electron chi connectivity index (χ4n) is 2.07. The minimum atomic E-state index is -0.321. The Kier molecular flexibility index (Phi) is 3.07. The van der Waals surface area contributed by atoms with Gasteiger partial charge in [0, 0.05) is 6.07 Å². The molecule has 0 radical (unpaired) electrons. The van der Waals surface area contributed by atoms with E-state index in [4.69, 9.17) is 14.2 Å². The number of hydrogen-bond acceptors (Lipinski definition) is 3. The monoisotopic (exact) mass is 246 g/mol. The van der Waals surface area contributed by atoms with Crippen molar-refractivity contribution in [1.82, 2.24) is 0 Å². The average molecular weight is 246 g/mol. The van der Waals surface area contributed by atoms with Crippen LogP contribution in [0.1, 0.15) is 25.0 Å². The lowest BCUT2D eigenvalue weighted by Crippen LogP contribution is -2.27. The van der Waals surface area contributed by atoms with E-state index in [0.29, 0.717) is 5.75 Å². The Morgan fingerprint density at radius 3 is 2.56 bits per heavy atom. The predicted molar refractivity (Wildman–Crippen MR) is 73.4 cm³/mol. The second-order valence-corrected chi connectivity index (χ2v) is 4.68. The Hall–Kier alpha value is -1.90. The topological polar surface area (TPSA) is 27.7 Å². The molecule has 0 bridgehead atoms. The zero-order valence-corrected chi connectivity index (χ0v) is 11.2. The Bertz CT molecular complexity index is 513. The Morgan fingerprint density at radius 2 is 2.00 bits per heavy atom. The third kappa shape index (κ3) is 1.96. The smallest absolute Gasteiger partial charge is 0.140 e. The molecule has 96 valence electrons. The molecular formula is C15H18O3. The second-order valence-electron chi connectivity index (χ2n) is 4.68. The second kappa shape index (κ2) is 4.41. The summed E-state index contributed by atoms with van der Waals surface area (Å²) in [4.78, 5) is 0. The number of rotatable bonds is 3. The number of benzene rings is 1. The number of methoxy groups -OCH3 is 2. The average Bonchev–Trinajstić information content (AvgIpc) is 2.34. The van der Waals surface area contributed by atoms with Crippen molar-refractivity contribution in [1.29, 1.82) is 0 Å². The lowest BCUT2D eigenvalue weighted by molar-refractivity contribution is 0.157. The normalized spacial score (nSPS) is 15.6. The summed E-state index contributed by atoms with van der Waals surface area (Å²) < 4.78 is 16.7. The van der Waals surface area contributed by atoms with E-state index >= 15 is 0 Å². The van der Waals surface area contributed by atoms with Crippen molar-refractivity contribution < 1.29 is 14.2 Å². The van der Waals surface area contributed by atoms with Crippen LogP contribution in [-0.4, -0.2) is 19.8 Å². The molecule has 18 heavy (non-hydrogen) atoms. The first-order valence-electron chi connectivity index (χ1n) is 5.82. The molecule has 0 fully saturated rings. The summed E-state index contributed by atoms with van der Waals surface area (Å²) in [7, 11) is 3.26. The summed E-state index contributed by atoms with van der Waals surface area (Å²) in [5.41, 5.74) is 1.44. The van der Waals surface area contributed by atoms with Crippen LogP contribution in [0, 0.1) is 0 Å². The highest BCUT2D eigenvalue weighted by Gasteiger charge is 2.26. The molecule has 0 aromatic heterocycles. The van der Waals surface area contributed by atoms with Crippen LogP contribution >= 0.6 is 0 Å². The number of ether oxygens (including phenoxy) is 3. The quantitative estimate of drug-likeness (QED) is 0.816. The molecule has 1 heterocycles. The Morgan fingerprint density at radius 1 is 1.28 bits per heavy atom. The first kappa shape index (κ1) is 12.6. The van der Waals surface area contributed by atoms with Gasteiger partial charge >= 0.3 is 0 Å². The van der Waals surface area contributed by atoms with Crippen LogP contribution in [0.5, 0.6) is 17.2 Å². The summed E-state index contributed by atoms with van der Waals surface area (Å²) in [6.07, 6.45) is 5.76. The maximum atomic E-state index is 5.92. The molecule has 3 nitrogen and oxygen atoms in total. The SMILES string of the molecule is C=Cc1c(OC)cc2c(c1OC)C=CC(C)(C)O2. The van der Waals surface area contributed by atoms with Crippen molar-refractivity contribution in [3.05, 3.63) is 29.8 Å². The van der Waals surface area contributed by atoms with Gasteiger partial charge in [-0.3, -0.25) is 0 Å². The van der Waals surface area contributed by atoms with Gasteiger partial charge < -0.3 is 14.2 Å². The minimum absolute atomic E-state index is 0.321.